The molecule has 0 radical (unpaired) electrons. The van der Waals surface area contributed by atoms with Crippen LogP contribution in [0.3, 0.4) is 0 Å². The third-order valence-corrected chi connectivity index (χ3v) is 5.16. The number of hydrogen-bond acceptors (Lipinski definition) is 3. The Bertz CT molecular complexity index is 301. The van der Waals surface area contributed by atoms with Gasteiger partial charge in [0.2, 0.25) is 0 Å². The standard InChI is InChI=1S/C16H30N2O2/c1-2-18-10-3-4-15(9-11-18)17-12-13-5-7-14(8-6-13)16(19)20/h13-15,17H,2-12H2,1H3,(H,19,20). The van der Waals surface area contributed by atoms with E-state index in [1.165, 1.54) is 38.9 Å². The zero-order valence-corrected chi connectivity index (χ0v) is 12.8. The summed E-state index contributed by atoms with van der Waals surface area (Å²) in [6, 6.07) is 0.670. The third kappa shape index (κ3) is 4.74. The Labute approximate surface area is 122 Å². The molecule has 1 aliphatic carbocycles. The first kappa shape index (κ1) is 15.8. The van der Waals surface area contributed by atoms with Crippen LogP contribution in [0.1, 0.15) is 51.9 Å². The molecule has 0 aromatic carbocycles. The van der Waals surface area contributed by atoms with Gasteiger partial charge in [0.15, 0.2) is 0 Å². The summed E-state index contributed by atoms with van der Waals surface area (Å²) in [5.74, 6) is 0.0122. The van der Waals surface area contributed by atoms with Gasteiger partial charge < -0.3 is 15.3 Å². The van der Waals surface area contributed by atoms with E-state index in [1.807, 2.05) is 0 Å². The number of nitrogens with zero attached hydrogens (tertiary/aromatic N) is 1. The van der Waals surface area contributed by atoms with E-state index < -0.39 is 5.97 Å². The first-order chi connectivity index (χ1) is 9.69. The molecule has 20 heavy (non-hydrogen) atoms. The van der Waals surface area contributed by atoms with Gasteiger partial charge in [0.05, 0.1) is 5.92 Å². The first-order valence-corrected chi connectivity index (χ1v) is 8.37. The third-order valence-electron chi connectivity index (χ3n) is 5.16. The average Bonchev–Trinajstić information content (AvgIpc) is 2.70. The molecule has 1 atom stereocenters. The maximum atomic E-state index is 10.9. The SMILES string of the molecule is CCN1CCCC(NCC2CCC(C(=O)O)CC2)CC1. The van der Waals surface area contributed by atoms with E-state index in [9.17, 15) is 4.79 Å². The summed E-state index contributed by atoms with van der Waals surface area (Å²) >= 11 is 0. The summed E-state index contributed by atoms with van der Waals surface area (Å²) in [6.07, 6.45) is 7.76. The van der Waals surface area contributed by atoms with E-state index in [2.05, 4.69) is 17.1 Å². The number of hydrogen-bond donors (Lipinski definition) is 2. The van der Waals surface area contributed by atoms with Gasteiger partial charge in [-0.15, -0.1) is 0 Å². The molecule has 2 rings (SSSR count). The molecule has 0 bridgehead atoms. The van der Waals surface area contributed by atoms with E-state index in [-0.39, 0.29) is 5.92 Å². The molecular formula is C16H30N2O2. The van der Waals surface area contributed by atoms with Gasteiger partial charge in [-0.3, -0.25) is 4.79 Å². The van der Waals surface area contributed by atoms with Crippen molar-refractivity contribution < 1.29 is 9.90 Å². The van der Waals surface area contributed by atoms with Crippen molar-refractivity contribution in [2.75, 3.05) is 26.2 Å². The van der Waals surface area contributed by atoms with Gasteiger partial charge in [0.1, 0.15) is 0 Å². The summed E-state index contributed by atoms with van der Waals surface area (Å²) in [5.41, 5.74) is 0. The van der Waals surface area contributed by atoms with E-state index in [1.54, 1.807) is 0 Å². The van der Waals surface area contributed by atoms with Crippen LogP contribution in [0.15, 0.2) is 0 Å². The van der Waals surface area contributed by atoms with Crippen molar-refractivity contribution in [3.8, 4) is 0 Å². The summed E-state index contributed by atoms with van der Waals surface area (Å²) in [5, 5.41) is 12.8. The summed E-state index contributed by atoms with van der Waals surface area (Å²) in [7, 11) is 0. The van der Waals surface area contributed by atoms with Crippen LogP contribution in [0, 0.1) is 11.8 Å². The predicted molar refractivity (Wildman–Crippen MR) is 80.8 cm³/mol. The minimum atomic E-state index is -0.597. The highest BCUT2D eigenvalue weighted by Gasteiger charge is 2.26. The molecule has 1 saturated heterocycles. The van der Waals surface area contributed by atoms with Crippen LogP contribution in [-0.4, -0.2) is 48.2 Å². The van der Waals surface area contributed by atoms with E-state index in [0.29, 0.717) is 12.0 Å². The number of carboxylic acids is 1. The van der Waals surface area contributed by atoms with Gasteiger partial charge in [-0.05, 0) is 77.0 Å². The molecule has 1 aliphatic heterocycles. The molecule has 0 spiro atoms. The number of nitrogens with one attached hydrogen (secondary N) is 1. The predicted octanol–water partition coefficient (Wildman–Crippen LogP) is 2.34. The average molecular weight is 282 g/mol. The molecule has 2 N–H and O–H groups in total. The Morgan fingerprint density at radius 1 is 1.15 bits per heavy atom. The maximum Gasteiger partial charge on any atom is 0.306 e. The Morgan fingerprint density at radius 2 is 1.90 bits per heavy atom. The molecule has 2 fully saturated rings. The van der Waals surface area contributed by atoms with Crippen molar-refractivity contribution >= 4 is 5.97 Å². The molecule has 4 nitrogen and oxygen atoms in total. The Hall–Kier alpha value is -0.610. The lowest BCUT2D eigenvalue weighted by Crippen LogP contribution is -2.36. The largest absolute Gasteiger partial charge is 0.481 e. The van der Waals surface area contributed by atoms with Crippen molar-refractivity contribution in [2.45, 2.75) is 57.9 Å². The van der Waals surface area contributed by atoms with Gasteiger partial charge in [-0.25, -0.2) is 0 Å². The van der Waals surface area contributed by atoms with Gasteiger partial charge >= 0.3 is 5.97 Å². The summed E-state index contributed by atoms with van der Waals surface area (Å²) < 4.78 is 0. The molecular weight excluding hydrogens is 252 g/mol. The van der Waals surface area contributed by atoms with Crippen molar-refractivity contribution in [1.82, 2.24) is 10.2 Å². The molecule has 0 aromatic rings. The van der Waals surface area contributed by atoms with Crippen LogP contribution >= 0.6 is 0 Å². The second kappa shape index (κ2) is 7.99. The second-order valence-corrected chi connectivity index (χ2v) is 6.53. The van der Waals surface area contributed by atoms with E-state index >= 15 is 0 Å². The smallest absolute Gasteiger partial charge is 0.306 e. The lowest BCUT2D eigenvalue weighted by molar-refractivity contribution is -0.143. The monoisotopic (exact) mass is 282 g/mol. The Kier molecular flexibility index (Phi) is 6.30. The number of carbonyl (C=O) groups is 1. The van der Waals surface area contributed by atoms with Crippen LogP contribution in [-0.2, 0) is 4.79 Å². The van der Waals surface area contributed by atoms with Crippen molar-refractivity contribution in [2.24, 2.45) is 11.8 Å². The lowest BCUT2D eigenvalue weighted by Gasteiger charge is -2.28. The topological polar surface area (TPSA) is 52.6 Å². The van der Waals surface area contributed by atoms with Crippen molar-refractivity contribution in [3.05, 3.63) is 0 Å². The van der Waals surface area contributed by atoms with E-state index in [4.69, 9.17) is 5.11 Å². The van der Waals surface area contributed by atoms with Crippen LogP contribution in [0.5, 0.6) is 0 Å². The lowest BCUT2D eigenvalue weighted by atomic mass is 9.82. The number of rotatable bonds is 5. The molecule has 1 saturated carbocycles. The minimum Gasteiger partial charge on any atom is -0.481 e. The number of likely N-dealkylation sites (tertiary alicyclic amines) is 1. The molecule has 2 aliphatic rings. The Balaban J connectivity index is 1.64. The van der Waals surface area contributed by atoms with Gasteiger partial charge in [0.25, 0.3) is 0 Å². The fourth-order valence-electron chi connectivity index (χ4n) is 3.62. The van der Waals surface area contributed by atoms with Crippen molar-refractivity contribution in [1.29, 1.82) is 0 Å². The van der Waals surface area contributed by atoms with Crippen LogP contribution in [0.2, 0.25) is 0 Å². The fourth-order valence-corrected chi connectivity index (χ4v) is 3.62. The quantitative estimate of drug-likeness (QED) is 0.812. The highest BCUT2D eigenvalue weighted by molar-refractivity contribution is 5.69. The molecule has 4 heteroatoms. The highest BCUT2D eigenvalue weighted by Crippen LogP contribution is 2.28. The zero-order chi connectivity index (χ0) is 14.4. The van der Waals surface area contributed by atoms with E-state index in [0.717, 1.165) is 32.2 Å². The number of aliphatic carboxylic acids is 1. The minimum absolute atomic E-state index is 0.0813. The summed E-state index contributed by atoms with van der Waals surface area (Å²) in [4.78, 5) is 13.5. The van der Waals surface area contributed by atoms with Crippen LogP contribution < -0.4 is 5.32 Å². The molecule has 1 heterocycles. The summed E-state index contributed by atoms with van der Waals surface area (Å²) in [6.45, 7) is 6.97. The second-order valence-electron chi connectivity index (χ2n) is 6.53. The zero-order valence-electron chi connectivity index (χ0n) is 12.8. The van der Waals surface area contributed by atoms with Gasteiger partial charge in [0, 0.05) is 6.04 Å². The Morgan fingerprint density at radius 3 is 2.55 bits per heavy atom. The molecule has 116 valence electrons. The van der Waals surface area contributed by atoms with Gasteiger partial charge in [-0.2, -0.15) is 0 Å². The van der Waals surface area contributed by atoms with Crippen LogP contribution in [0.4, 0.5) is 0 Å². The normalized spacial score (nSPS) is 32.8. The highest BCUT2D eigenvalue weighted by atomic mass is 16.4. The fraction of sp³-hybridized carbons (Fsp3) is 0.938. The number of carboxylic acid groups (broad SMARTS) is 1. The maximum absolute atomic E-state index is 10.9. The van der Waals surface area contributed by atoms with Gasteiger partial charge in [-0.1, -0.05) is 6.92 Å². The molecule has 1 unspecified atom stereocenters. The molecule has 0 aromatic heterocycles. The first-order valence-electron chi connectivity index (χ1n) is 8.37. The van der Waals surface area contributed by atoms with Crippen LogP contribution in [0.25, 0.3) is 0 Å². The molecule has 0 amide bonds. The van der Waals surface area contributed by atoms with Crippen molar-refractivity contribution in [3.63, 3.8) is 0 Å².